The third-order valence-electron chi connectivity index (χ3n) is 2.32. The van der Waals surface area contributed by atoms with Crippen molar-refractivity contribution in [2.45, 2.75) is 26.2 Å². The Morgan fingerprint density at radius 1 is 1.47 bits per heavy atom. The smallest absolute Gasteiger partial charge is 0.236 e. The van der Waals surface area contributed by atoms with Crippen molar-refractivity contribution in [3.05, 3.63) is 11.1 Å². The molecule has 0 radical (unpaired) electrons. The van der Waals surface area contributed by atoms with Gasteiger partial charge in [0.15, 0.2) is 10.9 Å². The maximum atomic E-state index is 11.4. The highest BCUT2D eigenvalue weighted by Crippen LogP contribution is 2.27. The van der Waals surface area contributed by atoms with Gasteiger partial charge in [-0.25, -0.2) is 4.98 Å². The summed E-state index contributed by atoms with van der Waals surface area (Å²) in [6.45, 7) is 4.29. The lowest BCUT2D eigenvalue weighted by atomic mass is 10.2. The number of amides is 1. The number of aromatic nitrogens is 1. The molecular formula is C10H12N2O2S. The van der Waals surface area contributed by atoms with Gasteiger partial charge in [-0.05, 0) is 5.92 Å². The maximum Gasteiger partial charge on any atom is 0.236 e. The van der Waals surface area contributed by atoms with Crippen LogP contribution in [0.4, 0.5) is 5.13 Å². The van der Waals surface area contributed by atoms with Crippen LogP contribution in [0.25, 0.3) is 0 Å². The monoisotopic (exact) mass is 224 g/mol. The van der Waals surface area contributed by atoms with Crippen LogP contribution in [-0.2, 0) is 9.59 Å². The summed E-state index contributed by atoms with van der Waals surface area (Å²) in [6.07, 6.45) is 0.0244. The van der Waals surface area contributed by atoms with Crippen LogP contribution in [0.2, 0.25) is 0 Å². The van der Waals surface area contributed by atoms with Gasteiger partial charge in [0.2, 0.25) is 5.91 Å². The molecule has 4 nitrogen and oxygen atoms in total. The molecule has 1 aliphatic rings. The predicted molar refractivity (Wildman–Crippen MR) is 58.2 cm³/mol. The van der Waals surface area contributed by atoms with E-state index in [0.29, 0.717) is 11.0 Å². The standard InChI is InChI=1S/C10H12N2O2S/c1-6(2)8-5-15-10(11-8)12-4-7(13)3-9(12)14/h5-6H,3-4H2,1-2H3. The van der Waals surface area contributed by atoms with Crippen molar-refractivity contribution < 1.29 is 9.59 Å². The Labute approximate surface area is 91.9 Å². The van der Waals surface area contributed by atoms with Crippen LogP contribution >= 0.6 is 11.3 Å². The Bertz CT molecular complexity index is 411. The number of nitrogens with zero attached hydrogens (tertiary/aromatic N) is 2. The van der Waals surface area contributed by atoms with Crippen LogP contribution in [-0.4, -0.2) is 23.2 Å². The molecule has 5 heteroatoms. The van der Waals surface area contributed by atoms with Crippen molar-refractivity contribution in [1.29, 1.82) is 0 Å². The zero-order valence-corrected chi connectivity index (χ0v) is 9.50. The summed E-state index contributed by atoms with van der Waals surface area (Å²) in [4.78, 5) is 28.3. The first-order valence-electron chi connectivity index (χ1n) is 4.85. The van der Waals surface area contributed by atoms with Gasteiger partial charge in [0.1, 0.15) is 0 Å². The number of hydrogen-bond acceptors (Lipinski definition) is 4. The molecule has 1 saturated heterocycles. The summed E-state index contributed by atoms with van der Waals surface area (Å²) in [7, 11) is 0. The summed E-state index contributed by atoms with van der Waals surface area (Å²) in [5.41, 5.74) is 0.974. The van der Waals surface area contributed by atoms with E-state index in [1.165, 1.54) is 16.2 Å². The number of thiazole rings is 1. The van der Waals surface area contributed by atoms with Crippen LogP contribution in [0.3, 0.4) is 0 Å². The van der Waals surface area contributed by atoms with E-state index in [1.807, 2.05) is 5.38 Å². The zero-order valence-electron chi connectivity index (χ0n) is 8.69. The largest absolute Gasteiger partial charge is 0.297 e. The Hall–Kier alpha value is -1.23. The summed E-state index contributed by atoms with van der Waals surface area (Å²) in [6, 6.07) is 0. The van der Waals surface area contributed by atoms with E-state index >= 15 is 0 Å². The van der Waals surface area contributed by atoms with Crippen molar-refractivity contribution in [1.82, 2.24) is 4.98 Å². The molecule has 0 unspecified atom stereocenters. The van der Waals surface area contributed by atoms with Crippen LogP contribution in [0, 0.1) is 0 Å². The fourth-order valence-corrected chi connectivity index (χ4v) is 2.43. The second-order valence-electron chi connectivity index (χ2n) is 3.90. The normalized spacial score (nSPS) is 16.9. The summed E-state index contributed by atoms with van der Waals surface area (Å²) >= 11 is 1.42. The molecule has 1 amide bonds. The molecular weight excluding hydrogens is 212 g/mol. The lowest BCUT2D eigenvalue weighted by molar-refractivity contribution is -0.121. The highest BCUT2D eigenvalue weighted by molar-refractivity contribution is 7.14. The number of carbonyl (C=O) groups excluding carboxylic acids is 2. The second-order valence-corrected chi connectivity index (χ2v) is 4.74. The first kappa shape index (κ1) is 10.3. The third kappa shape index (κ3) is 1.92. The van der Waals surface area contributed by atoms with E-state index in [-0.39, 0.29) is 24.7 Å². The van der Waals surface area contributed by atoms with Crippen molar-refractivity contribution in [2.75, 3.05) is 11.4 Å². The molecule has 2 rings (SSSR count). The fourth-order valence-electron chi connectivity index (χ4n) is 1.42. The van der Waals surface area contributed by atoms with Crippen molar-refractivity contribution >= 4 is 28.2 Å². The van der Waals surface area contributed by atoms with Crippen molar-refractivity contribution in [3.63, 3.8) is 0 Å². The average molecular weight is 224 g/mol. The minimum absolute atomic E-state index is 0.0244. The molecule has 2 heterocycles. The lowest BCUT2D eigenvalue weighted by Gasteiger charge is -2.09. The molecule has 0 bridgehead atoms. The van der Waals surface area contributed by atoms with Gasteiger partial charge < -0.3 is 0 Å². The van der Waals surface area contributed by atoms with E-state index in [1.54, 1.807) is 0 Å². The van der Waals surface area contributed by atoms with Gasteiger partial charge in [-0.15, -0.1) is 11.3 Å². The number of rotatable bonds is 2. The molecule has 1 aromatic rings. The van der Waals surface area contributed by atoms with Crippen LogP contribution in [0.1, 0.15) is 31.9 Å². The Morgan fingerprint density at radius 3 is 2.67 bits per heavy atom. The van der Waals surface area contributed by atoms with Crippen LogP contribution in [0.15, 0.2) is 5.38 Å². The minimum Gasteiger partial charge on any atom is -0.297 e. The van der Waals surface area contributed by atoms with Gasteiger partial charge in [0.05, 0.1) is 18.7 Å². The Kier molecular flexibility index (Phi) is 2.56. The zero-order chi connectivity index (χ0) is 11.0. The maximum absolute atomic E-state index is 11.4. The first-order valence-corrected chi connectivity index (χ1v) is 5.73. The number of Topliss-reactive ketones (excluding diaryl/α,β-unsaturated/α-hetero) is 1. The van der Waals surface area contributed by atoms with E-state index < -0.39 is 0 Å². The number of ketones is 1. The van der Waals surface area contributed by atoms with Gasteiger partial charge in [-0.1, -0.05) is 13.8 Å². The molecule has 0 saturated carbocycles. The highest BCUT2D eigenvalue weighted by Gasteiger charge is 2.30. The molecule has 0 aromatic carbocycles. The molecule has 0 aliphatic carbocycles. The quantitative estimate of drug-likeness (QED) is 0.716. The number of hydrogen-bond donors (Lipinski definition) is 0. The molecule has 1 fully saturated rings. The fraction of sp³-hybridized carbons (Fsp3) is 0.500. The SMILES string of the molecule is CC(C)c1csc(N2CC(=O)CC2=O)n1. The molecule has 0 atom stereocenters. The van der Waals surface area contributed by atoms with Gasteiger partial charge in [-0.2, -0.15) is 0 Å². The molecule has 80 valence electrons. The molecule has 1 aromatic heterocycles. The summed E-state index contributed by atoms with van der Waals surface area (Å²) in [5, 5.41) is 2.59. The number of anilines is 1. The van der Waals surface area contributed by atoms with Gasteiger partial charge >= 0.3 is 0 Å². The topological polar surface area (TPSA) is 50.3 Å². The average Bonchev–Trinajstić information content (AvgIpc) is 2.71. The summed E-state index contributed by atoms with van der Waals surface area (Å²) < 4.78 is 0. The van der Waals surface area contributed by atoms with Crippen molar-refractivity contribution in [2.24, 2.45) is 0 Å². The first-order chi connectivity index (χ1) is 7.08. The van der Waals surface area contributed by atoms with Gasteiger partial charge in [0, 0.05) is 5.38 Å². The Balaban J connectivity index is 2.23. The lowest BCUT2D eigenvalue weighted by Crippen LogP contribution is -2.24. The third-order valence-corrected chi connectivity index (χ3v) is 3.20. The highest BCUT2D eigenvalue weighted by atomic mass is 32.1. The Morgan fingerprint density at radius 2 is 2.20 bits per heavy atom. The van der Waals surface area contributed by atoms with E-state index in [4.69, 9.17) is 0 Å². The van der Waals surface area contributed by atoms with E-state index in [9.17, 15) is 9.59 Å². The molecule has 15 heavy (non-hydrogen) atoms. The van der Waals surface area contributed by atoms with Crippen molar-refractivity contribution in [3.8, 4) is 0 Å². The molecule has 0 spiro atoms. The van der Waals surface area contributed by atoms with Gasteiger partial charge in [-0.3, -0.25) is 14.5 Å². The predicted octanol–water partition coefficient (Wildman–Crippen LogP) is 1.57. The second kappa shape index (κ2) is 3.73. The van der Waals surface area contributed by atoms with Crippen LogP contribution < -0.4 is 4.90 Å². The van der Waals surface area contributed by atoms with Gasteiger partial charge in [0.25, 0.3) is 0 Å². The minimum atomic E-state index is -0.135. The van der Waals surface area contributed by atoms with E-state index in [2.05, 4.69) is 18.8 Å². The molecule has 0 N–H and O–H groups in total. The van der Waals surface area contributed by atoms with E-state index in [0.717, 1.165) is 5.69 Å². The number of carbonyl (C=O) groups is 2. The summed E-state index contributed by atoms with van der Waals surface area (Å²) in [5.74, 6) is 0.189. The van der Waals surface area contributed by atoms with Crippen LogP contribution in [0.5, 0.6) is 0 Å². The molecule has 1 aliphatic heterocycles.